The Balaban J connectivity index is 1.85. The summed E-state index contributed by atoms with van der Waals surface area (Å²) in [7, 11) is 0. The number of carbonyl (C=O) groups excluding carboxylic acids is 1. The zero-order valence-electron chi connectivity index (χ0n) is 12.1. The van der Waals surface area contributed by atoms with Crippen LogP contribution in [0.15, 0.2) is 53.6 Å². The minimum Gasteiger partial charge on any atom is -0.347 e. The van der Waals surface area contributed by atoms with Crippen molar-refractivity contribution >= 4 is 16.7 Å². The summed E-state index contributed by atoms with van der Waals surface area (Å²) < 4.78 is 0. The quantitative estimate of drug-likeness (QED) is 0.777. The fourth-order valence-corrected chi connectivity index (χ4v) is 2.27. The lowest BCUT2D eigenvalue weighted by molar-refractivity contribution is 0.0946. The lowest BCUT2D eigenvalue weighted by Crippen LogP contribution is -2.26. The van der Waals surface area contributed by atoms with Crippen LogP contribution in [-0.2, 0) is 6.54 Å². The number of aromatic amines is 1. The molecule has 0 atom stereocenters. The van der Waals surface area contributed by atoms with E-state index in [1.165, 1.54) is 0 Å². The summed E-state index contributed by atoms with van der Waals surface area (Å²) in [5.41, 5.74) is 1.96. The molecule has 1 amide bonds. The number of amides is 1. The van der Waals surface area contributed by atoms with E-state index in [-0.39, 0.29) is 17.2 Å². The summed E-state index contributed by atoms with van der Waals surface area (Å²) in [6.45, 7) is 2.31. The van der Waals surface area contributed by atoms with E-state index >= 15 is 0 Å². The monoisotopic (exact) mass is 293 g/mol. The number of nitrogens with one attached hydrogen (secondary N) is 2. The van der Waals surface area contributed by atoms with Crippen LogP contribution >= 0.6 is 0 Å². The zero-order valence-corrected chi connectivity index (χ0v) is 12.1. The number of fused-ring (bicyclic) bond motifs is 1. The summed E-state index contributed by atoms with van der Waals surface area (Å²) in [6, 6.07) is 10.9. The van der Waals surface area contributed by atoms with Gasteiger partial charge >= 0.3 is 0 Å². The van der Waals surface area contributed by atoms with Gasteiger partial charge < -0.3 is 10.3 Å². The number of carbonyl (C=O) groups is 1. The predicted octanol–water partition coefficient (Wildman–Crippen LogP) is 2.16. The maximum Gasteiger partial charge on any atom is 0.268 e. The van der Waals surface area contributed by atoms with Gasteiger partial charge in [0.2, 0.25) is 0 Å². The van der Waals surface area contributed by atoms with Crippen molar-refractivity contribution in [1.82, 2.24) is 15.3 Å². The van der Waals surface area contributed by atoms with E-state index in [9.17, 15) is 9.59 Å². The molecule has 3 aromatic rings. The van der Waals surface area contributed by atoms with Crippen molar-refractivity contribution in [3.05, 3.63) is 76.0 Å². The molecular weight excluding hydrogens is 278 g/mol. The van der Waals surface area contributed by atoms with Crippen LogP contribution in [0.4, 0.5) is 0 Å². The molecule has 0 aliphatic carbocycles. The van der Waals surface area contributed by atoms with Crippen molar-refractivity contribution in [2.24, 2.45) is 0 Å². The standard InChI is InChI=1S/C17H15N3O2/c1-11-2-3-13-9-15(20-16(21)14(13)8-11)17(22)19-10-12-4-6-18-7-5-12/h2-9H,10H2,1H3,(H,19,22)(H,20,21). The lowest BCUT2D eigenvalue weighted by Gasteiger charge is -2.06. The van der Waals surface area contributed by atoms with Gasteiger partial charge in [0, 0.05) is 24.3 Å². The van der Waals surface area contributed by atoms with Gasteiger partial charge in [0.05, 0.1) is 0 Å². The predicted molar refractivity (Wildman–Crippen MR) is 84.7 cm³/mol. The topological polar surface area (TPSA) is 74.8 Å². The van der Waals surface area contributed by atoms with Gasteiger partial charge in [0.25, 0.3) is 11.5 Å². The first kappa shape index (κ1) is 14.0. The number of pyridine rings is 2. The molecule has 0 spiro atoms. The Morgan fingerprint density at radius 1 is 1.18 bits per heavy atom. The van der Waals surface area contributed by atoms with Crippen molar-refractivity contribution in [2.75, 3.05) is 0 Å². The fraction of sp³-hybridized carbons (Fsp3) is 0.118. The first-order valence-electron chi connectivity index (χ1n) is 6.94. The molecule has 0 bridgehead atoms. The zero-order chi connectivity index (χ0) is 15.5. The molecule has 2 aromatic heterocycles. The van der Waals surface area contributed by atoms with Crippen LogP contribution in [0.25, 0.3) is 10.8 Å². The largest absolute Gasteiger partial charge is 0.347 e. The Morgan fingerprint density at radius 3 is 2.73 bits per heavy atom. The van der Waals surface area contributed by atoms with Gasteiger partial charge in [-0.05, 0) is 42.1 Å². The van der Waals surface area contributed by atoms with Gasteiger partial charge in [0.15, 0.2) is 0 Å². The van der Waals surface area contributed by atoms with E-state index in [4.69, 9.17) is 0 Å². The number of aromatic nitrogens is 2. The van der Waals surface area contributed by atoms with Gasteiger partial charge in [-0.2, -0.15) is 0 Å². The summed E-state index contributed by atoms with van der Waals surface area (Å²) in [4.78, 5) is 30.8. The minimum atomic E-state index is -0.309. The molecule has 5 nitrogen and oxygen atoms in total. The molecule has 2 N–H and O–H groups in total. The Hall–Kier alpha value is -2.95. The third-order valence-corrected chi connectivity index (χ3v) is 3.45. The summed E-state index contributed by atoms with van der Waals surface area (Å²) in [5, 5.41) is 4.12. The number of hydrogen-bond acceptors (Lipinski definition) is 3. The van der Waals surface area contributed by atoms with Crippen LogP contribution in [-0.4, -0.2) is 15.9 Å². The number of nitrogens with zero attached hydrogens (tertiary/aromatic N) is 1. The first-order valence-corrected chi connectivity index (χ1v) is 6.94. The molecule has 3 rings (SSSR count). The van der Waals surface area contributed by atoms with Crippen molar-refractivity contribution in [2.45, 2.75) is 13.5 Å². The molecule has 0 saturated carbocycles. The van der Waals surface area contributed by atoms with Crippen LogP contribution < -0.4 is 10.9 Å². The van der Waals surface area contributed by atoms with Crippen LogP contribution in [0.3, 0.4) is 0 Å². The fourth-order valence-electron chi connectivity index (χ4n) is 2.27. The van der Waals surface area contributed by atoms with Crippen LogP contribution in [0.1, 0.15) is 21.6 Å². The van der Waals surface area contributed by atoms with Gasteiger partial charge in [-0.25, -0.2) is 0 Å². The summed E-state index contributed by atoms with van der Waals surface area (Å²) in [6.07, 6.45) is 3.34. The maximum atomic E-state index is 12.2. The van der Waals surface area contributed by atoms with Crippen molar-refractivity contribution in [1.29, 1.82) is 0 Å². The van der Waals surface area contributed by atoms with Crippen LogP contribution in [0.5, 0.6) is 0 Å². The Bertz CT molecular complexity index is 885. The van der Waals surface area contributed by atoms with E-state index in [1.54, 1.807) is 18.5 Å². The molecular formula is C17H15N3O2. The molecule has 0 aliphatic heterocycles. The molecule has 0 fully saturated rings. The van der Waals surface area contributed by atoms with Crippen molar-refractivity contribution < 1.29 is 4.79 Å². The second-order valence-electron chi connectivity index (χ2n) is 5.14. The summed E-state index contributed by atoms with van der Waals surface area (Å²) >= 11 is 0. The highest BCUT2D eigenvalue weighted by atomic mass is 16.2. The molecule has 22 heavy (non-hydrogen) atoms. The second kappa shape index (κ2) is 5.81. The molecule has 0 unspecified atom stereocenters. The molecule has 2 heterocycles. The van der Waals surface area contributed by atoms with E-state index in [0.29, 0.717) is 11.9 Å². The van der Waals surface area contributed by atoms with Crippen LogP contribution in [0.2, 0.25) is 0 Å². The average molecular weight is 293 g/mol. The SMILES string of the molecule is Cc1ccc2cc(C(=O)NCc3ccncc3)[nH]c(=O)c2c1. The number of H-pyrrole nitrogens is 1. The Labute approximate surface area is 127 Å². The normalized spacial score (nSPS) is 10.6. The third-order valence-electron chi connectivity index (χ3n) is 3.45. The van der Waals surface area contributed by atoms with Gasteiger partial charge in [-0.1, -0.05) is 17.7 Å². The average Bonchev–Trinajstić information content (AvgIpc) is 2.54. The molecule has 0 aliphatic rings. The number of hydrogen-bond donors (Lipinski definition) is 2. The molecule has 0 radical (unpaired) electrons. The third kappa shape index (κ3) is 2.88. The highest BCUT2D eigenvalue weighted by Gasteiger charge is 2.09. The van der Waals surface area contributed by atoms with Crippen LogP contribution in [0, 0.1) is 6.92 Å². The highest BCUT2D eigenvalue weighted by Crippen LogP contribution is 2.12. The van der Waals surface area contributed by atoms with E-state index in [2.05, 4.69) is 15.3 Å². The summed E-state index contributed by atoms with van der Waals surface area (Å²) in [5.74, 6) is -0.309. The smallest absolute Gasteiger partial charge is 0.268 e. The van der Waals surface area contributed by atoms with Gasteiger partial charge in [-0.15, -0.1) is 0 Å². The molecule has 5 heteroatoms. The van der Waals surface area contributed by atoms with E-state index in [1.807, 2.05) is 37.3 Å². The molecule has 110 valence electrons. The lowest BCUT2D eigenvalue weighted by atomic mass is 10.1. The number of benzene rings is 1. The van der Waals surface area contributed by atoms with E-state index in [0.717, 1.165) is 16.5 Å². The Morgan fingerprint density at radius 2 is 1.95 bits per heavy atom. The minimum absolute atomic E-state index is 0.254. The van der Waals surface area contributed by atoms with E-state index < -0.39 is 0 Å². The molecule has 1 aromatic carbocycles. The Kier molecular flexibility index (Phi) is 3.70. The second-order valence-corrected chi connectivity index (χ2v) is 5.14. The maximum absolute atomic E-state index is 12.2. The molecule has 0 saturated heterocycles. The first-order chi connectivity index (χ1) is 10.6. The number of aryl methyl sites for hydroxylation is 1. The van der Waals surface area contributed by atoms with Gasteiger partial charge in [0.1, 0.15) is 5.69 Å². The highest BCUT2D eigenvalue weighted by molar-refractivity contribution is 5.96. The van der Waals surface area contributed by atoms with Gasteiger partial charge in [-0.3, -0.25) is 14.6 Å². The van der Waals surface area contributed by atoms with Crippen molar-refractivity contribution in [3.63, 3.8) is 0 Å². The number of rotatable bonds is 3. The van der Waals surface area contributed by atoms with Crippen molar-refractivity contribution in [3.8, 4) is 0 Å².